The smallest absolute Gasteiger partial charge is 0.317 e. The van der Waals surface area contributed by atoms with Crippen LogP contribution in [0.4, 0.5) is 4.79 Å². The van der Waals surface area contributed by atoms with Crippen LogP contribution >= 0.6 is 0 Å². The Balaban J connectivity index is 1.62. The third kappa shape index (κ3) is 2.35. The molecule has 0 aromatic heterocycles. The van der Waals surface area contributed by atoms with Gasteiger partial charge in [-0.1, -0.05) is 6.92 Å². The molecule has 3 heterocycles. The number of hydrogen-bond acceptors (Lipinski definition) is 4. The Labute approximate surface area is 118 Å². The third-order valence-corrected chi connectivity index (χ3v) is 4.41. The predicted octanol–water partition coefficient (Wildman–Crippen LogP) is -1.15. The minimum absolute atomic E-state index is 0.00294. The van der Waals surface area contributed by atoms with Crippen LogP contribution in [0, 0.1) is 5.92 Å². The molecule has 3 saturated heterocycles. The van der Waals surface area contributed by atoms with Crippen LogP contribution < -0.4 is 10.6 Å². The molecule has 7 heteroatoms. The summed E-state index contributed by atoms with van der Waals surface area (Å²) in [7, 11) is 0. The molecule has 0 radical (unpaired) electrons. The van der Waals surface area contributed by atoms with Gasteiger partial charge in [0, 0.05) is 32.2 Å². The first kappa shape index (κ1) is 13.6. The highest BCUT2D eigenvalue weighted by Crippen LogP contribution is 2.20. The summed E-state index contributed by atoms with van der Waals surface area (Å²) in [5.41, 5.74) is 0. The molecule has 3 unspecified atom stereocenters. The summed E-state index contributed by atoms with van der Waals surface area (Å²) >= 11 is 0. The number of likely N-dealkylation sites (N-methyl/N-ethyl adjacent to an activating group) is 1. The number of ether oxygens (including phenoxy) is 1. The number of amides is 3. The lowest BCUT2D eigenvalue weighted by atomic mass is 10.0. The SMILES string of the molecule is CCNC1COCC1C(=O)N1CCN2C(=O)NCC2C1. The molecule has 20 heavy (non-hydrogen) atoms. The van der Waals surface area contributed by atoms with Gasteiger partial charge in [0.2, 0.25) is 5.91 Å². The molecule has 0 spiro atoms. The maximum Gasteiger partial charge on any atom is 0.317 e. The number of hydrogen-bond donors (Lipinski definition) is 2. The lowest BCUT2D eigenvalue weighted by Crippen LogP contribution is -2.56. The molecular weight excluding hydrogens is 260 g/mol. The van der Waals surface area contributed by atoms with Crippen LogP contribution in [0.25, 0.3) is 0 Å². The molecule has 2 N–H and O–H groups in total. The summed E-state index contributed by atoms with van der Waals surface area (Å²) in [4.78, 5) is 27.9. The van der Waals surface area contributed by atoms with E-state index in [2.05, 4.69) is 10.6 Å². The Hall–Kier alpha value is -1.34. The van der Waals surface area contributed by atoms with Gasteiger partial charge in [0.25, 0.3) is 0 Å². The van der Waals surface area contributed by atoms with E-state index in [1.807, 2.05) is 16.7 Å². The molecule has 3 amide bonds. The Morgan fingerprint density at radius 1 is 1.45 bits per heavy atom. The number of rotatable bonds is 3. The van der Waals surface area contributed by atoms with Crippen LogP contribution in [0.2, 0.25) is 0 Å². The molecule has 3 aliphatic heterocycles. The summed E-state index contributed by atoms with van der Waals surface area (Å²) in [6.45, 7) is 6.50. The van der Waals surface area contributed by atoms with Crippen molar-refractivity contribution in [3.8, 4) is 0 Å². The number of carbonyl (C=O) groups excluding carboxylic acids is 2. The Morgan fingerprint density at radius 3 is 3.10 bits per heavy atom. The molecule has 0 bridgehead atoms. The number of urea groups is 1. The number of carbonyl (C=O) groups is 2. The molecule has 0 aliphatic carbocycles. The molecule has 0 aromatic rings. The standard InChI is InChI=1S/C13H22N4O3/c1-2-14-11-8-20-7-10(11)12(18)16-3-4-17-9(6-16)5-15-13(17)19/h9-11,14H,2-8H2,1H3,(H,15,19). The predicted molar refractivity (Wildman–Crippen MR) is 72.2 cm³/mol. The van der Waals surface area contributed by atoms with E-state index < -0.39 is 0 Å². The van der Waals surface area contributed by atoms with Crippen molar-refractivity contribution < 1.29 is 14.3 Å². The van der Waals surface area contributed by atoms with Gasteiger partial charge in [-0.2, -0.15) is 0 Å². The van der Waals surface area contributed by atoms with Crippen LogP contribution in [0.15, 0.2) is 0 Å². The zero-order chi connectivity index (χ0) is 14.1. The van der Waals surface area contributed by atoms with Gasteiger partial charge in [-0.05, 0) is 6.54 Å². The highest BCUT2D eigenvalue weighted by Gasteiger charge is 2.41. The second kappa shape index (κ2) is 5.57. The van der Waals surface area contributed by atoms with Gasteiger partial charge in [-0.25, -0.2) is 4.79 Å². The van der Waals surface area contributed by atoms with Crippen LogP contribution in [-0.2, 0) is 9.53 Å². The minimum Gasteiger partial charge on any atom is -0.379 e. The highest BCUT2D eigenvalue weighted by atomic mass is 16.5. The second-order valence-electron chi connectivity index (χ2n) is 5.63. The topological polar surface area (TPSA) is 73.9 Å². The van der Waals surface area contributed by atoms with Crippen molar-refractivity contribution in [1.29, 1.82) is 0 Å². The summed E-state index contributed by atoms with van der Waals surface area (Å²) in [6.07, 6.45) is 0. The average molecular weight is 282 g/mol. The molecule has 0 aromatic carbocycles. The third-order valence-electron chi connectivity index (χ3n) is 4.41. The Kier molecular flexibility index (Phi) is 3.80. The van der Waals surface area contributed by atoms with Gasteiger partial charge in [0.1, 0.15) is 0 Å². The fourth-order valence-corrected chi connectivity index (χ4v) is 3.30. The van der Waals surface area contributed by atoms with E-state index >= 15 is 0 Å². The van der Waals surface area contributed by atoms with Crippen molar-refractivity contribution in [2.45, 2.75) is 19.0 Å². The van der Waals surface area contributed by atoms with Crippen molar-refractivity contribution in [2.75, 3.05) is 45.9 Å². The minimum atomic E-state index is -0.0911. The van der Waals surface area contributed by atoms with E-state index in [4.69, 9.17) is 4.74 Å². The maximum absolute atomic E-state index is 12.6. The van der Waals surface area contributed by atoms with Gasteiger partial charge in [0.15, 0.2) is 0 Å². The van der Waals surface area contributed by atoms with Gasteiger partial charge in [-0.15, -0.1) is 0 Å². The van der Waals surface area contributed by atoms with E-state index in [9.17, 15) is 9.59 Å². The second-order valence-corrected chi connectivity index (χ2v) is 5.63. The molecule has 3 fully saturated rings. The number of piperazine rings is 1. The van der Waals surface area contributed by atoms with Crippen LogP contribution in [-0.4, -0.2) is 79.8 Å². The highest BCUT2D eigenvalue weighted by molar-refractivity contribution is 5.81. The number of nitrogens with zero attached hydrogens (tertiary/aromatic N) is 2. The summed E-state index contributed by atoms with van der Waals surface area (Å²) in [5, 5.41) is 6.15. The van der Waals surface area contributed by atoms with Gasteiger partial charge < -0.3 is 25.2 Å². The lowest BCUT2D eigenvalue weighted by molar-refractivity contribution is -0.138. The van der Waals surface area contributed by atoms with Gasteiger partial charge in [0.05, 0.1) is 25.2 Å². The Morgan fingerprint density at radius 2 is 2.30 bits per heavy atom. The maximum atomic E-state index is 12.6. The molecule has 3 aliphatic rings. The molecular formula is C13H22N4O3. The molecule has 0 saturated carbocycles. The zero-order valence-corrected chi connectivity index (χ0v) is 11.8. The summed E-state index contributed by atoms with van der Waals surface area (Å²) in [5.74, 6) is 0.0685. The number of fused-ring (bicyclic) bond motifs is 1. The fraction of sp³-hybridized carbons (Fsp3) is 0.846. The van der Waals surface area contributed by atoms with Crippen LogP contribution in [0.3, 0.4) is 0 Å². The van der Waals surface area contributed by atoms with E-state index in [1.165, 1.54) is 0 Å². The molecule has 3 atom stereocenters. The zero-order valence-electron chi connectivity index (χ0n) is 11.8. The first-order valence-corrected chi connectivity index (χ1v) is 7.35. The average Bonchev–Trinajstić information content (AvgIpc) is 3.06. The van der Waals surface area contributed by atoms with Gasteiger partial charge in [-0.3, -0.25) is 4.79 Å². The van der Waals surface area contributed by atoms with Gasteiger partial charge >= 0.3 is 6.03 Å². The lowest BCUT2D eigenvalue weighted by Gasteiger charge is -2.38. The van der Waals surface area contributed by atoms with Crippen LogP contribution in [0.1, 0.15) is 6.92 Å². The van der Waals surface area contributed by atoms with Crippen molar-refractivity contribution in [2.24, 2.45) is 5.92 Å². The van der Waals surface area contributed by atoms with E-state index in [1.54, 1.807) is 0 Å². The Bertz CT molecular complexity index is 403. The normalized spacial score (nSPS) is 33.2. The van der Waals surface area contributed by atoms with Crippen molar-refractivity contribution in [1.82, 2.24) is 20.4 Å². The first-order valence-electron chi connectivity index (χ1n) is 7.35. The fourth-order valence-electron chi connectivity index (χ4n) is 3.30. The monoisotopic (exact) mass is 282 g/mol. The summed E-state index contributed by atoms with van der Waals surface area (Å²) in [6, 6.07) is 0.241. The van der Waals surface area contributed by atoms with Crippen molar-refractivity contribution >= 4 is 11.9 Å². The van der Waals surface area contributed by atoms with E-state index in [0.29, 0.717) is 39.4 Å². The van der Waals surface area contributed by atoms with Crippen LogP contribution in [0.5, 0.6) is 0 Å². The largest absolute Gasteiger partial charge is 0.379 e. The summed E-state index contributed by atoms with van der Waals surface area (Å²) < 4.78 is 5.45. The number of nitrogens with one attached hydrogen (secondary N) is 2. The van der Waals surface area contributed by atoms with E-state index in [-0.39, 0.29) is 29.9 Å². The molecule has 3 rings (SSSR count). The molecule has 112 valence electrons. The quantitative estimate of drug-likeness (QED) is 0.685. The van der Waals surface area contributed by atoms with Crippen molar-refractivity contribution in [3.05, 3.63) is 0 Å². The van der Waals surface area contributed by atoms with Crippen molar-refractivity contribution in [3.63, 3.8) is 0 Å². The van der Waals surface area contributed by atoms with E-state index in [0.717, 1.165) is 6.54 Å². The molecule has 7 nitrogen and oxygen atoms in total. The first-order chi connectivity index (χ1) is 9.70.